The van der Waals surface area contributed by atoms with E-state index in [0.29, 0.717) is 43.4 Å². The van der Waals surface area contributed by atoms with E-state index in [-0.39, 0.29) is 19.1 Å². The number of hydrogen-bond donors (Lipinski definition) is 2. The average Bonchev–Trinajstić information content (AvgIpc) is 2.87. The largest absolute Gasteiger partial charge is 0.493 e. The Morgan fingerprint density at radius 3 is 2.50 bits per heavy atom. The lowest BCUT2D eigenvalue weighted by atomic mass is 10.1. The first-order valence-corrected chi connectivity index (χ1v) is 10.8. The highest BCUT2D eigenvalue weighted by Crippen LogP contribution is 2.27. The Kier molecular flexibility index (Phi) is 8.98. The highest BCUT2D eigenvalue weighted by molar-refractivity contribution is 6.35. The minimum Gasteiger partial charge on any atom is -0.493 e. The molecule has 0 radical (unpaired) electrons. The summed E-state index contributed by atoms with van der Waals surface area (Å²) in [6.45, 7) is 4.23. The van der Waals surface area contributed by atoms with Crippen LogP contribution in [0.5, 0.6) is 11.5 Å². The van der Waals surface area contributed by atoms with E-state index in [1.807, 2.05) is 31.2 Å². The Labute approximate surface area is 197 Å². The molecule has 34 heavy (non-hydrogen) atoms. The number of hydrogen-bond acceptors (Lipinski definition) is 7. The maximum Gasteiger partial charge on any atom is 0.329 e. The van der Waals surface area contributed by atoms with Gasteiger partial charge in [0.1, 0.15) is 0 Å². The van der Waals surface area contributed by atoms with Crippen molar-refractivity contribution in [3.05, 3.63) is 59.2 Å². The highest BCUT2D eigenvalue weighted by Gasteiger charge is 2.18. The second kappa shape index (κ2) is 12.4. The Hall–Kier alpha value is -3.92. The first-order valence-electron chi connectivity index (χ1n) is 10.8. The summed E-state index contributed by atoms with van der Waals surface area (Å²) < 4.78 is 16.2. The second-order valence-electron chi connectivity index (χ2n) is 7.56. The molecule has 0 unspecified atom stereocenters. The molecule has 0 bridgehead atoms. The van der Waals surface area contributed by atoms with Crippen molar-refractivity contribution in [1.82, 2.24) is 15.6 Å². The van der Waals surface area contributed by atoms with Crippen LogP contribution >= 0.6 is 0 Å². The summed E-state index contributed by atoms with van der Waals surface area (Å²) in [6, 6.07) is 12.6. The van der Waals surface area contributed by atoms with Gasteiger partial charge in [-0.15, -0.1) is 0 Å². The number of benzene rings is 2. The first kappa shape index (κ1) is 24.7. The Bertz CT molecular complexity index is 1030. The van der Waals surface area contributed by atoms with Gasteiger partial charge in [0, 0.05) is 19.6 Å². The zero-order chi connectivity index (χ0) is 24.3. The molecule has 1 fully saturated rings. The fourth-order valence-corrected chi connectivity index (χ4v) is 3.11. The van der Waals surface area contributed by atoms with Crippen LogP contribution in [-0.2, 0) is 25.7 Å². The van der Waals surface area contributed by atoms with Crippen LogP contribution in [0.25, 0.3) is 0 Å². The monoisotopic (exact) mass is 468 g/mol. The number of carbonyl (C=O) groups excluding carboxylic acids is 3. The van der Waals surface area contributed by atoms with Crippen LogP contribution in [0.4, 0.5) is 0 Å². The number of ether oxygens (including phenoxy) is 3. The number of morpholine rings is 1. The molecule has 0 saturated carbocycles. The number of methoxy groups -OCH3 is 1. The number of nitrogens with one attached hydrogen (secondary N) is 2. The van der Waals surface area contributed by atoms with Gasteiger partial charge >= 0.3 is 11.8 Å². The van der Waals surface area contributed by atoms with Gasteiger partial charge in [-0.05, 0) is 36.2 Å². The van der Waals surface area contributed by atoms with E-state index in [1.165, 1.54) is 13.3 Å². The molecule has 0 atom stereocenters. The van der Waals surface area contributed by atoms with E-state index in [4.69, 9.17) is 14.2 Å². The summed E-state index contributed by atoms with van der Waals surface area (Å²) in [5, 5.41) is 6.36. The molecule has 2 aromatic carbocycles. The average molecular weight is 469 g/mol. The third-order valence-electron chi connectivity index (χ3n) is 5.06. The van der Waals surface area contributed by atoms with Crippen molar-refractivity contribution in [3.8, 4) is 11.5 Å². The van der Waals surface area contributed by atoms with Crippen LogP contribution in [-0.4, -0.2) is 68.9 Å². The number of nitrogens with zero attached hydrogens (tertiary/aromatic N) is 2. The van der Waals surface area contributed by atoms with Crippen LogP contribution in [0.3, 0.4) is 0 Å². The summed E-state index contributed by atoms with van der Waals surface area (Å²) in [6.07, 6.45) is 1.37. The highest BCUT2D eigenvalue weighted by atomic mass is 16.5. The molecule has 2 aromatic rings. The normalized spacial score (nSPS) is 13.4. The smallest absolute Gasteiger partial charge is 0.329 e. The predicted molar refractivity (Wildman–Crippen MR) is 125 cm³/mol. The van der Waals surface area contributed by atoms with Gasteiger partial charge in [-0.25, -0.2) is 5.43 Å². The molecule has 10 nitrogen and oxygen atoms in total. The molecule has 10 heteroatoms. The maximum atomic E-state index is 12.2. The minimum absolute atomic E-state index is 0.114. The van der Waals surface area contributed by atoms with Crippen molar-refractivity contribution >= 4 is 23.9 Å². The van der Waals surface area contributed by atoms with Gasteiger partial charge in [-0.3, -0.25) is 14.4 Å². The third kappa shape index (κ3) is 7.31. The van der Waals surface area contributed by atoms with Gasteiger partial charge in [0.05, 0.1) is 26.5 Å². The third-order valence-corrected chi connectivity index (χ3v) is 5.06. The first-order chi connectivity index (χ1) is 16.5. The van der Waals surface area contributed by atoms with E-state index in [0.717, 1.165) is 11.1 Å². The van der Waals surface area contributed by atoms with Gasteiger partial charge in [-0.1, -0.05) is 29.8 Å². The molecule has 3 amide bonds. The van der Waals surface area contributed by atoms with Crippen molar-refractivity contribution in [3.63, 3.8) is 0 Å². The summed E-state index contributed by atoms with van der Waals surface area (Å²) in [4.78, 5) is 37.8. The second-order valence-corrected chi connectivity index (χ2v) is 7.56. The van der Waals surface area contributed by atoms with Crippen molar-refractivity contribution in [2.75, 3.05) is 40.0 Å². The van der Waals surface area contributed by atoms with Crippen molar-refractivity contribution < 1.29 is 28.6 Å². The van der Waals surface area contributed by atoms with E-state index in [9.17, 15) is 14.4 Å². The van der Waals surface area contributed by atoms with Crippen molar-refractivity contribution in [1.29, 1.82) is 0 Å². The number of aryl methyl sites for hydroxylation is 1. The van der Waals surface area contributed by atoms with Gasteiger partial charge in [-0.2, -0.15) is 5.10 Å². The number of amides is 3. The molecule has 0 spiro atoms. The lowest BCUT2D eigenvalue weighted by Gasteiger charge is -2.26. The van der Waals surface area contributed by atoms with Crippen LogP contribution in [0.15, 0.2) is 47.6 Å². The molecular formula is C24H28N4O6. The van der Waals surface area contributed by atoms with Gasteiger partial charge in [0.15, 0.2) is 18.1 Å². The van der Waals surface area contributed by atoms with E-state index in [2.05, 4.69) is 15.8 Å². The fraction of sp³-hybridized carbons (Fsp3) is 0.333. The van der Waals surface area contributed by atoms with Gasteiger partial charge in [0.25, 0.3) is 5.91 Å². The number of hydrazone groups is 1. The molecule has 1 saturated heterocycles. The number of rotatable bonds is 8. The molecule has 0 aliphatic carbocycles. The van der Waals surface area contributed by atoms with Crippen molar-refractivity contribution in [2.45, 2.75) is 13.5 Å². The van der Waals surface area contributed by atoms with E-state index in [1.54, 1.807) is 23.1 Å². The lowest BCUT2D eigenvalue weighted by Crippen LogP contribution is -2.43. The van der Waals surface area contributed by atoms with Crippen LogP contribution in [0.2, 0.25) is 0 Å². The molecule has 2 N–H and O–H groups in total. The number of carbonyl (C=O) groups is 3. The van der Waals surface area contributed by atoms with Gasteiger partial charge in [0.2, 0.25) is 0 Å². The standard InChI is InChI=1S/C24H28N4O6/c1-17-3-5-18(6-4-17)14-25-23(30)24(31)27-26-15-19-7-8-20(21(13-19)32-2)34-16-22(29)28-9-11-33-12-10-28/h3-8,13,15H,9-12,14,16H2,1-2H3,(H,25,30)(H,27,31)/b26-15-. The summed E-state index contributed by atoms with van der Waals surface area (Å²) in [5.74, 6) is -0.984. The molecule has 1 aliphatic heterocycles. The molecule has 0 aromatic heterocycles. The van der Waals surface area contributed by atoms with Crippen molar-refractivity contribution in [2.24, 2.45) is 5.10 Å². The summed E-state index contributed by atoms with van der Waals surface area (Å²) >= 11 is 0. The Morgan fingerprint density at radius 1 is 1.06 bits per heavy atom. The Balaban J connectivity index is 1.48. The molecular weight excluding hydrogens is 440 g/mol. The Morgan fingerprint density at radius 2 is 1.79 bits per heavy atom. The zero-order valence-electron chi connectivity index (χ0n) is 19.2. The SMILES string of the molecule is COc1cc(/C=N\NC(=O)C(=O)NCc2ccc(C)cc2)ccc1OCC(=O)N1CCOCC1. The summed E-state index contributed by atoms with van der Waals surface area (Å²) in [7, 11) is 1.48. The van der Waals surface area contributed by atoms with Crippen LogP contribution < -0.4 is 20.2 Å². The molecule has 180 valence electrons. The minimum atomic E-state index is -0.878. The van der Waals surface area contributed by atoms with Crippen LogP contribution in [0, 0.1) is 6.92 Å². The van der Waals surface area contributed by atoms with Gasteiger partial charge < -0.3 is 24.4 Å². The fourth-order valence-electron chi connectivity index (χ4n) is 3.11. The molecule has 1 aliphatic rings. The summed E-state index contributed by atoms with van der Waals surface area (Å²) in [5.41, 5.74) is 4.79. The topological polar surface area (TPSA) is 119 Å². The molecule has 3 rings (SSSR count). The lowest BCUT2D eigenvalue weighted by molar-refractivity contribution is -0.139. The zero-order valence-corrected chi connectivity index (χ0v) is 19.2. The quantitative estimate of drug-likeness (QED) is 0.339. The molecule has 1 heterocycles. The van der Waals surface area contributed by atoms with E-state index < -0.39 is 11.8 Å². The van der Waals surface area contributed by atoms with E-state index >= 15 is 0 Å². The predicted octanol–water partition coefficient (Wildman–Crippen LogP) is 1.01. The van der Waals surface area contributed by atoms with Crippen LogP contribution in [0.1, 0.15) is 16.7 Å². The maximum absolute atomic E-state index is 12.2.